The molecule has 0 saturated carbocycles. The van der Waals surface area contributed by atoms with Gasteiger partial charge in [0.25, 0.3) is 5.56 Å². The van der Waals surface area contributed by atoms with E-state index in [1.807, 2.05) is 13.0 Å². The Morgan fingerprint density at radius 1 is 1.17 bits per heavy atom. The van der Waals surface area contributed by atoms with Gasteiger partial charge in [-0.2, -0.15) is 0 Å². The van der Waals surface area contributed by atoms with Crippen molar-refractivity contribution < 1.29 is 4.74 Å². The molecular weight excluding hydrogens is 474 g/mol. The molecule has 9 heteroatoms. The quantitative estimate of drug-likeness (QED) is 0.416. The number of thiophene rings is 1. The Kier molecular flexibility index (Phi) is 5.92. The van der Waals surface area contributed by atoms with Gasteiger partial charge in [0.15, 0.2) is 0 Å². The van der Waals surface area contributed by atoms with E-state index in [1.54, 1.807) is 7.11 Å². The van der Waals surface area contributed by atoms with Crippen molar-refractivity contribution in [3.63, 3.8) is 0 Å². The predicted molar refractivity (Wildman–Crippen MR) is 143 cm³/mol. The summed E-state index contributed by atoms with van der Waals surface area (Å²) in [6.07, 6.45) is 4.39. The minimum atomic E-state index is -0.383. The van der Waals surface area contributed by atoms with Crippen molar-refractivity contribution in [1.29, 1.82) is 0 Å². The van der Waals surface area contributed by atoms with Gasteiger partial charge in [-0.3, -0.25) is 9.36 Å². The van der Waals surface area contributed by atoms with E-state index in [0.717, 1.165) is 49.4 Å². The van der Waals surface area contributed by atoms with Gasteiger partial charge in [-0.05, 0) is 61.8 Å². The van der Waals surface area contributed by atoms with Crippen LogP contribution in [-0.2, 0) is 25.8 Å². The van der Waals surface area contributed by atoms with Crippen molar-refractivity contribution >= 4 is 31.9 Å². The van der Waals surface area contributed by atoms with Crippen LogP contribution >= 0.6 is 11.3 Å². The lowest BCUT2D eigenvalue weighted by Gasteiger charge is -2.32. The third-order valence-electron chi connectivity index (χ3n) is 8.03. The molecule has 3 atom stereocenters. The van der Waals surface area contributed by atoms with Crippen molar-refractivity contribution in [2.24, 2.45) is 5.92 Å². The number of hydrogen-bond donors (Lipinski definition) is 2. The zero-order chi connectivity index (χ0) is 25.0. The van der Waals surface area contributed by atoms with Crippen LogP contribution in [0.25, 0.3) is 20.6 Å². The standard InChI is InChI=1S/C27H31N5O3S/c1-4-17-18(5-2)30-25-23(29-17)22-24(36-25)26(33)32(27(34)31-22)12-11-19-21-14(13-28-19)9-10-15-16(21)7-6-8-20(15)35-3/h6-8,14,19,21,28H,4-5,9-13H2,1-3H3,(H,31,34)/t14-,19?,21+/m0/s1. The highest BCUT2D eigenvalue weighted by Crippen LogP contribution is 2.45. The van der Waals surface area contributed by atoms with E-state index in [2.05, 4.69) is 29.4 Å². The Morgan fingerprint density at radius 3 is 2.75 bits per heavy atom. The molecule has 0 bridgehead atoms. The molecule has 0 amide bonds. The zero-order valence-electron chi connectivity index (χ0n) is 20.9. The Morgan fingerprint density at radius 2 is 1.97 bits per heavy atom. The minimum absolute atomic E-state index is 0.202. The molecule has 6 rings (SSSR count). The summed E-state index contributed by atoms with van der Waals surface area (Å²) in [5.74, 6) is 1.88. The molecule has 1 aliphatic carbocycles. The topological polar surface area (TPSA) is 102 Å². The van der Waals surface area contributed by atoms with Gasteiger partial charge in [-0.15, -0.1) is 11.3 Å². The number of ether oxygens (including phenoxy) is 1. The number of nitrogens with one attached hydrogen (secondary N) is 2. The van der Waals surface area contributed by atoms with Gasteiger partial charge in [-0.1, -0.05) is 26.0 Å². The molecule has 1 fully saturated rings. The smallest absolute Gasteiger partial charge is 0.328 e. The lowest BCUT2D eigenvalue weighted by molar-refractivity contribution is 0.371. The van der Waals surface area contributed by atoms with E-state index < -0.39 is 0 Å². The number of nitrogens with zero attached hydrogens (tertiary/aromatic N) is 3. The normalized spacial score (nSPS) is 21.1. The molecule has 2 aliphatic rings. The molecule has 4 aromatic rings. The Hall–Kier alpha value is -3.04. The van der Waals surface area contributed by atoms with E-state index >= 15 is 0 Å². The van der Waals surface area contributed by atoms with Crippen molar-refractivity contribution in [2.45, 2.75) is 64.5 Å². The fourth-order valence-electron chi connectivity index (χ4n) is 6.27. The molecule has 0 spiro atoms. The summed E-state index contributed by atoms with van der Waals surface area (Å²) < 4.78 is 7.50. The second kappa shape index (κ2) is 9.12. The average molecular weight is 506 g/mol. The first kappa shape index (κ1) is 23.4. The number of benzene rings is 1. The van der Waals surface area contributed by atoms with Crippen LogP contribution < -0.4 is 21.3 Å². The third-order valence-corrected chi connectivity index (χ3v) is 9.09. The molecule has 1 aliphatic heterocycles. The van der Waals surface area contributed by atoms with Crippen molar-refractivity contribution in [2.75, 3.05) is 13.7 Å². The largest absolute Gasteiger partial charge is 0.496 e. The number of hydrogen-bond acceptors (Lipinski definition) is 7. The number of aromatic nitrogens is 4. The molecule has 36 heavy (non-hydrogen) atoms. The molecule has 1 aromatic carbocycles. The van der Waals surface area contributed by atoms with Crippen molar-refractivity contribution in [3.05, 3.63) is 61.6 Å². The number of rotatable bonds is 6. The highest BCUT2D eigenvalue weighted by Gasteiger charge is 2.40. The van der Waals surface area contributed by atoms with Gasteiger partial charge in [0, 0.05) is 18.5 Å². The first-order valence-electron chi connectivity index (χ1n) is 12.9. The number of methoxy groups -OCH3 is 1. The van der Waals surface area contributed by atoms with E-state index in [4.69, 9.17) is 14.7 Å². The Labute approximate surface area is 212 Å². The van der Waals surface area contributed by atoms with Crippen LogP contribution in [0.5, 0.6) is 5.75 Å². The second-order valence-corrected chi connectivity index (χ2v) is 10.8. The first-order chi connectivity index (χ1) is 17.5. The summed E-state index contributed by atoms with van der Waals surface area (Å²) in [7, 11) is 1.73. The van der Waals surface area contributed by atoms with E-state index in [9.17, 15) is 9.59 Å². The summed E-state index contributed by atoms with van der Waals surface area (Å²) in [6, 6.07) is 6.52. The molecule has 1 saturated heterocycles. The number of fused-ring (bicyclic) bond motifs is 6. The highest BCUT2D eigenvalue weighted by atomic mass is 32.1. The molecule has 188 valence electrons. The monoisotopic (exact) mass is 505 g/mol. The molecule has 0 radical (unpaired) electrons. The van der Waals surface area contributed by atoms with Crippen LogP contribution in [-0.4, -0.2) is 39.2 Å². The molecule has 1 unspecified atom stereocenters. The van der Waals surface area contributed by atoms with Crippen molar-refractivity contribution in [1.82, 2.24) is 24.8 Å². The van der Waals surface area contributed by atoms with Crippen LogP contribution in [0.1, 0.15) is 55.1 Å². The van der Waals surface area contributed by atoms with Gasteiger partial charge >= 0.3 is 5.69 Å². The van der Waals surface area contributed by atoms with Gasteiger partial charge < -0.3 is 15.0 Å². The number of H-pyrrole nitrogens is 1. The van der Waals surface area contributed by atoms with E-state index in [-0.39, 0.29) is 17.3 Å². The van der Waals surface area contributed by atoms with E-state index in [1.165, 1.54) is 27.0 Å². The summed E-state index contributed by atoms with van der Waals surface area (Å²) >= 11 is 1.32. The maximum absolute atomic E-state index is 13.5. The molecule has 4 heterocycles. The molecule has 8 nitrogen and oxygen atoms in total. The SMILES string of the molecule is CCc1nc2sc3c(=O)n(CCC4NC[C@@H]5CCc6c(OC)cccc6[C@H]45)c(=O)[nH]c3c2nc1CC. The predicted octanol–water partition coefficient (Wildman–Crippen LogP) is 3.54. The maximum atomic E-state index is 13.5. The average Bonchev–Trinajstić information content (AvgIpc) is 3.48. The number of aryl methyl sites for hydroxylation is 2. The van der Waals surface area contributed by atoms with Gasteiger partial charge in [-0.25, -0.2) is 14.8 Å². The fourth-order valence-corrected chi connectivity index (χ4v) is 7.31. The summed E-state index contributed by atoms with van der Waals surface area (Å²) in [6.45, 7) is 5.42. The lowest BCUT2D eigenvalue weighted by atomic mass is 9.73. The van der Waals surface area contributed by atoms with E-state index in [0.29, 0.717) is 45.4 Å². The van der Waals surface area contributed by atoms with Crippen LogP contribution in [0.2, 0.25) is 0 Å². The van der Waals surface area contributed by atoms with Crippen LogP contribution in [0.4, 0.5) is 0 Å². The number of aromatic amines is 1. The summed E-state index contributed by atoms with van der Waals surface area (Å²) in [5, 5.41) is 3.68. The molecule has 3 aromatic heterocycles. The van der Waals surface area contributed by atoms with Crippen LogP contribution in [0.15, 0.2) is 27.8 Å². The molecule has 2 N–H and O–H groups in total. The van der Waals surface area contributed by atoms with Crippen molar-refractivity contribution in [3.8, 4) is 5.75 Å². The Bertz CT molecular complexity index is 1590. The summed E-state index contributed by atoms with van der Waals surface area (Å²) in [4.78, 5) is 39.7. The zero-order valence-corrected chi connectivity index (χ0v) is 21.7. The second-order valence-electron chi connectivity index (χ2n) is 9.83. The van der Waals surface area contributed by atoms with Gasteiger partial charge in [0.05, 0.1) is 24.0 Å². The highest BCUT2D eigenvalue weighted by molar-refractivity contribution is 7.25. The van der Waals surface area contributed by atoms with Gasteiger partial charge in [0.1, 0.15) is 20.8 Å². The fraction of sp³-hybridized carbons (Fsp3) is 0.481. The summed E-state index contributed by atoms with van der Waals surface area (Å²) in [5.41, 5.74) is 5.01. The third kappa shape index (κ3) is 3.59. The lowest BCUT2D eigenvalue weighted by Crippen LogP contribution is -2.37. The Balaban J connectivity index is 1.34. The van der Waals surface area contributed by atoms with Crippen LogP contribution in [0.3, 0.4) is 0 Å². The molecular formula is C27H31N5O3S. The first-order valence-corrected chi connectivity index (χ1v) is 13.7. The van der Waals surface area contributed by atoms with Crippen LogP contribution in [0, 0.1) is 5.92 Å². The maximum Gasteiger partial charge on any atom is 0.328 e. The van der Waals surface area contributed by atoms with Gasteiger partial charge in [0.2, 0.25) is 0 Å². The minimum Gasteiger partial charge on any atom is -0.496 e.